The number of carbonyl (C=O) groups excluding carboxylic acids is 1. The van der Waals surface area contributed by atoms with Gasteiger partial charge in [0.25, 0.3) is 5.91 Å². The molecule has 0 saturated heterocycles. The molecule has 0 atom stereocenters. The van der Waals surface area contributed by atoms with Gasteiger partial charge in [-0.1, -0.05) is 12.1 Å². The fourth-order valence-corrected chi connectivity index (χ4v) is 2.12. The topological polar surface area (TPSA) is 94.5 Å². The lowest BCUT2D eigenvalue weighted by Crippen LogP contribution is -2.26. The van der Waals surface area contributed by atoms with Gasteiger partial charge in [-0.3, -0.25) is 4.79 Å². The second-order valence-corrected chi connectivity index (χ2v) is 5.49. The van der Waals surface area contributed by atoms with Crippen LogP contribution in [0.15, 0.2) is 39.5 Å². The molecule has 0 unspecified atom stereocenters. The zero-order chi connectivity index (χ0) is 18.5. The van der Waals surface area contributed by atoms with E-state index in [4.69, 9.17) is 13.7 Å². The van der Waals surface area contributed by atoms with Crippen LogP contribution in [0.1, 0.15) is 35.0 Å². The van der Waals surface area contributed by atoms with Crippen molar-refractivity contribution >= 4 is 5.91 Å². The van der Waals surface area contributed by atoms with Crippen molar-refractivity contribution in [3.05, 3.63) is 59.6 Å². The first-order valence-corrected chi connectivity index (χ1v) is 7.95. The van der Waals surface area contributed by atoms with Crippen molar-refractivity contribution in [3.8, 4) is 5.75 Å². The van der Waals surface area contributed by atoms with Crippen LogP contribution in [0.5, 0.6) is 5.75 Å². The lowest BCUT2D eigenvalue weighted by atomic mass is 10.3. The molecule has 0 bridgehead atoms. The number of aromatic nitrogens is 3. The molecule has 3 aromatic rings. The Morgan fingerprint density at radius 1 is 1.23 bits per heavy atom. The Bertz CT molecular complexity index is 875. The highest BCUT2D eigenvalue weighted by atomic mass is 19.1. The highest BCUT2D eigenvalue weighted by molar-refractivity contribution is 5.91. The van der Waals surface area contributed by atoms with E-state index in [0.29, 0.717) is 23.9 Å². The van der Waals surface area contributed by atoms with E-state index in [-0.39, 0.29) is 36.5 Å². The average Bonchev–Trinajstić information content (AvgIpc) is 3.30. The summed E-state index contributed by atoms with van der Waals surface area (Å²) < 4.78 is 28.6. The number of carbonyl (C=O) groups is 1. The minimum atomic E-state index is -0.350. The van der Waals surface area contributed by atoms with Crippen LogP contribution >= 0.6 is 0 Å². The highest BCUT2D eigenvalue weighted by Crippen LogP contribution is 2.14. The number of oxazole rings is 1. The van der Waals surface area contributed by atoms with Crippen molar-refractivity contribution in [1.82, 2.24) is 20.0 Å². The predicted octanol–water partition coefficient (Wildman–Crippen LogP) is 2.61. The molecular weight excluding hydrogens is 343 g/mol. The monoisotopic (exact) mass is 360 g/mol. The number of amides is 1. The molecule has 0 N–H and O–H groups in total. The van der Waals surface area contributed by atoms with Gasteiger partial charge in [0.15, 0.2) is 18.1 Å². The second kappa shape index (κ2) is 7.77. The summed E-state index contributed by atoms with van der Waals surface area (Å²) >= 11 is 0. The summed E-state index contributed by atoms with van der Waals surface area (Å²) in [5.74, 6) is 0.938. The molecule has 26 heavy (non-hydrogen) atoms. The first kappa shape index (κ1) is 17.6. The van der Waals surface area contributed by atoms with Crippen molar-refractivity contribution in [2.45, 2.75) is 26.5 Å². The SMILES string of the molecule is CCc1noc(CN(C)C(=O)c2coc(COc3ccc(F)cc3)n2)n1. The molecule has 2 heterocycles. The summed E-state index contributed by atoms with van der Waals surface area (Å²) in [5, 5.41) is 3.78. The summed E-state index contributed by atoms with van der Waals surface area (Å²) in [5.41, 5.74) is 0.139. The van der Waals surface area contributed by atoms with E-state index in [9.17, 15) is 9.18 Å². The van der Waals surface area contributed by atoms with Crippen LogP contribution in [0, 0.1) is 5.82 Å². The minimum absolute atomic E-state index is 0.0200. The van der Waals surface area contributed by atoms with E-state index in [1.165, 1.54) is 35.4 Å². The van der Waals surface area contributed by atoms with Crippen LogP contribution in [0.4, 0.5) is 4.39 Å². The fourth-order valence-electron chi connectivity index (χ4n) is 2.12. The van der Waals surface area contributed by atoms with Gasteiger partial charge in [0.2, 0.25) is 11.8 Å². The third-order valence-corrected chi connectivity index (χ3v) is 3.49. The molecular formula is C17H17FN4O4. The van der Waals surface area contributed by atoms with Crippen LogP contribution in [0.25, 0.3) is 0 Å². The molecule has 0 aliphatic carbocycles. The number of hydrogen-bond donors (Lipinski definition) is 0. The molecule has 1 amide bonds. The molecule has 0 aliphatic rings. The van der Waals surface area contributed by atoms with Gasteiger partial charge in [0.1, 0.15) is 24.4 Å². The summed E-state index contributed by atoms with van der Waals surface area (Å²) in [4.78, 5) is 22.0. The number of hydrogen-bond acceptors (Lipinski definition) is 7. The van der Waals surface area contributed by atoms with Crippen molar-refractivity contribution in [2.24, 2.45) is 0 Å². The van der Waals surface area contributed by atoms with Gasteiger partial charge in [-0.25, -0.2) is 9.37 Å². The molecule has 8 nitrogen and oxygen atoms in total. The molecule has 0 spiro atoms. The van der Waals surface area contributed by atoms with Gasteiger partial charge in [-0.05, 0) is 24.3 Å². The van der Waals surface area contributed by atoms with Crippen molar-refractivity contribution in [1.29, 1.82) is 0 Å². The van der Waals surface area contributed by atoms with E-state index >= 15 is 0 Å². The van der Waals surface area contributed by atoms with Crippen molar-refractivity contribution in [3.63, 3.8) is 0 Å². The summed E-state index contributed by atoms with van der Waals surface area (Å²) in [6.07, 6.45) is 1.91. The summed E-state index contributed by atoms with van der Waals surface area (Å²) in [7, 11) is 1.60. The highest BCUT2D eigenvalue weighted by Gasteiger charge is 2.19. The lowest BCUT2D eigenvalue weighted by Gasteiger charge is -2.12. The Morgan fingerprint density at radius 3 is 2.69 bits per heavy atom. The van der Waals surface area contributed by atoms with E-state index in [1.807, 2.05) is 6.92 Å². The van der Waals surface area contributed by atoms with E-state index < -0.39 is 0 Å². The van der Waals surface area contributed by atoms with Gasteiger partial charge >= 0.3 is 0 Å². The largest absolute Gasteiger partial charge is 0.484 e. The van der Waals surface area contributed by atoms with Gasteiger partial charge in [-0.2, -0.15) is 4.98 Å². The van der Waals surface area contributed by atoms with E-state index in [0.717, 1.165) is 0 Å². The number of rotatable bonds is 7. The van der Waals surface area contributed by atoms with Crippen LogP contribution in [-0.2, 0) is 19.6 Å². The molecule has 3 rings (SSSR count). The Hall–Kier alpha value is -3.23. The molecule has 0 saturated carbocycles. The van der Waals surface area contributed by atoms with E-state index in [2.05, 4.69) is 15.1 Å². The zero-order valence-corrected chi connectivity index (χ0v) is 14.3. The smallest absolute Gasteiger partial charge is 0.276 e. The summed E-state index contributed by atoms with van der Waals surface area (Å²) in [6.45, 7) is 2.10. The average molecular weight is 360 g/mol. The standard InChI is InChI=1S/C17H17FN4O4/c1-3-14-20-15(26-21-14)8-22(2)17(23)13-9-25-16(19-13)10-24-12-6-4-11(18)5-7-12/h4-7,9H,3,8,10H2,1-2H3. The van der Waals surface area contributed by atoms with Gasteiger partial charge in [-0.15, -0.1) is 0 Å². The first-order valence-electron chi connectivity index (χ1n) is 7.95. The van der Waals surface area contributed by atoms with Gasteiger partial charge < -0.3 is 18.6 Å². The van der Waals surface area contributed by atoms with Crippen LogP contribution < -0.4 is 4.74 Å². The quantitative estimate of drug-likeness (QED) is 0.639. The maximum absolute atomic E-state index is 12.9. The predicted molar refractivity (Wildman–Crippen MR) is 86.7 cm³/mol. The summed E-state index contributed by atoms with van der Waals surface area (Å²) in [6, 6.07) is 5.56. The third kappa shape index (κ3) is 4.24. The Labute approximate surface area is 148 Å². The molecule has 0 fully saturated rings. The van der Waals surface area contributed by atoms with Crippen molar-refractivity contribution in [2.75, 3.05) is 7.05 Å². The maximum atomic E-state index is 12.9. The number of benzene rings is 1. The zero-order valence-electron chi connectivity index (χ0n) is 14.3. The molecule has 9 heteroatoms. The van der Waals surface area contributed by atoms with Gasteiger partial charge in [0, 0.05) is 13.5 Å². The lowest BCUT2D eigenvalue weighted by molar-refractivity contribution is 0.0763. The van der Waals surface area contributed by atoms with E-state index in [1.54, 1.807) is 7.05 Å². The van der Waals surface area contributed by atoms with Crippen molar-refractivity contribution < 1.29 is 22.9 Å². The van der Waals surface area contributed by atoms with Gasteiger partial charge in [0.05, 0.1) is 0 Å². The Balaban J connectivity index is 1.57. The molecule has 1 aromatic carbocycles. The fraction of sp³-hybridized carbons (Fsp3) is 0.294. The minimum Gasteiger partial charge on any atom is -0.484 e. The Kier molecular flexibility index (Phi) is 5.26. The van der Waals surface area contributed by atoms with Crippen LogP contribution in [0.2, 0.25) is 0 Å². The normalized spacial score (nSPS) is 10.7. The number of aryl methyl sites for hydroxylation is 1. The van der Waals surface area contributed by atoms with Crippen LogP contribution in [0.3, 0.4) is 0 Å². The molecule has 2 aromatic heterocycles. The number of ether oxygens (including phenoxy) is 1. The number of halogens is 1. The molecule has 0 radical (unpaired) electrons. The number of nitrogens with zero attached hydrogens (tertiary/aromatic N) is 4. The van der Waals surface area contributed by atoms with Crippen LogP contribution in [-0.4, -0.2) is 33.0 Å². The second-order valence-electron chi connectivity index (χ2n) is 5.49. The first-order chi connectivity index (χ1) is 12.5. The molecule has 0 aliphatic heterocycles. The third-order valence-electron chi connectivity index (χ3n) is 3.49. The maximum Gasteiger partial charge on any atom is 0.276 e. The Morgan fingerprint density at radius 2 is 2.00 bits per heavy atom. The molecule has 136 valence electrons.